The second-order valence-electron chi connectivity index (χ2n) is 8.02. The van der Waals surface area contributed by atoms with Gasteiger partial charge in [-0.3, -0.25) is 14.7 Å². The molecule has 3 aromatic rings. The maximum absolute atomic E-state index is 13.3. The molecule has 0 spiro atoms. The Labute approximate surface area is 188 Å². The van der Waals surface area contributed by atoms with Crippen LogP contribution in [0.25, 0.3) is 11.4 Å². The Morgan fingerprint density at radius 2 is 1.97 bits per heavy atom. The molecule has 168 valence electrons. The molecule has 1 saturated heterocycles. The smallest absolute Gasteiger partial charge is 0.227 e. The van der Waals surface area contributed by atoms with Crippen LogP contribution in [0.1, 0.15) is 24.8 Å². The molecule has 0 saturated carbocycles. The van der Waals surface area contributed by atoms with Crippen molar-refractivity contribution in [2.24, 2.45) is 0 Å². The summed E-state index contributed by atoms with van der Waals surface area (Å²) in [4.78, 5) is 26.1. The zero-order chi connectivity index (χ0) is 22.2. The number of carbonyl (C=O) groups is 1. The van der Waals surface area contributed by atoms with Crippen molar-refractivity contribution in [2.45, 2.75) is 32.4 Å². The first-order valence-corrected chi connectivity index (χ1v) is 11.1. The summed E-state index contributed by atoms with van der Waals surface area (Å²) in [6.45, 7) is 6.81. The fourth-order valence-electron chi connectivity index (χ4n) is 3.85. The normalized spacial score (nSPS) is 15.4. The zero-order valence-corrected chi connectivity index (χ0v) is 18.4. The van der Waals surface area contributed by atoms with E-state index in [1.54, 1.807) is 12.4 Å². The lowest BCUT2D eigenvalue weighted by Crippen LogP contribution is -2.48. The Morgan fingerprint density at radius 1 is 1.16 bits per heavy atom. The van der Waals surface area contributed by atoms with Crippen molar-refractivity contribution in [1.82, 2.24) is 24.9 Å². The van der Waals surface area contributed by atoms with Crippen molar-refractivity contribution in [2.75, 3.05) is 32.8 Å². The number of rotatable bonds is 9. The van der Waals surface area contributed by atoms with E-state index >= 15 is 0 Å². The van der Waals surface area contributed by atoms with E-state index in [4.69, 9.17) is 9.26 Å². The molecule has 0 aliphatic carbocycles. The quantitative estimate of drug-likeness (QED) is 0.511. The summed E-state index contributed by atoms with van der Waals surface area (Å²) in [6, 6.07) is 13.9. The van der Waals surface area contributed by atoms with Gasteiger partial charge in [-0.2, -0.15) is 4.98 Å². The number of pyridine rings is 1. The Bertz CT molecular complexity index is 974. The summed E-state index contributed by atoms with van der Waals surface area (Å²) in [7, 11) is 0. The van der Waals surface area contributed by atoms with Crippen molar-refractivity contribution in [1.29, 1.82) is 0 Å². The Kier molecular flexibility index (Phi) is 7.58. The molecule has 1 unspecified atom stereocenters. The predicted octanol–water partition coefficient (Wildman–Crippen LogP) is 2.81. The van der Waals surface area contributed by atoms with Gasteiger partial charge in [0, 0.05) is 63.0 Å². The third-order valence-electron chi connectivity index (χ3n) is 5.61. The molecule has 1 aromatic carbocycles. The summed E-state index contributed by atoms with van der Waals surface area (Å²) < 4.78 is 10.8. The molecule has 0 bridgehead atoms. The van der Waals surface area contributed by atoms with E-state index in [2.05, 4.69) is 39.1 Å². The number of morpholine rings is 1. The predicted molar refractivity (Wildman–Crippen MR) is 120 cm³/mol. The maximum atomic E-state index is 13.3. The van der Waals surface area contributed by atoms with E-state index in [-0.39, 0.29) is 11.9 Å². The lowest BCUT2D eigenvalue weighted by atomic mass is 10.1. The topological polar surface area (TPSA) is 84.6 Å². The molecule has 4 rings (SSSR count). The van der Waals surface area contributed by atoms with Crippen molar-refractivity contribution in [3.63, 3.8) is 0 Å². The van der Waals surface area contributed by atoms with Crippen LogP contribution in [-0.4, -0.2) is 69.7 Å². The summed E-state index contributed by atoms with van der Waals surface area (Å²) in [5.41, 5.74) is 1.91. The monoisotopic (exact) mass is 435 g/mol. The number of hydrogen-bond donors (Lipinski definition) is 0. The summed E-state index contributed by atoms with van der Waals surface area (Å²) >= 11 is 0. The average molecular weight is 436 g/mol. The van der Waals surface area contributed by atoms with Crippen LogP contribution in [0.15, 0.2) is 59.4 Å². The first-order valence-electron chi connectivity index (χ1n) is 11.1. The fourth-order valence-corrected chi connectivity index (χ4v) is 3.85. The van der Waals surface area contributed by atoms with Crippen molar-refractivity contribution in [3.8, 4) is 11.4 Å². The number of hydrogen-bond acceptors (Lipinski definition) is 7. The first kappa shape index (κ1) is 22.1. The molecule has 2 aromatic heterocycles. The molecule has 3 heterocycles. The van der Waals surface area contributed by atoms with Crippen molar-refractivity contribution in [3.05, 3.63) is 66.3 Å². The summed E-state index contributed by atoms with van der Waals surface area (Å²) in [6.07, 6.45) is 4.11. The van der Waals surface area contributed by atoms with Gasteiger partial charge in [0.15, 0.2) is 0 Å². The highest BCUT2D eigenvalue weighted by atomic mass is 16.5. The standard InChI is InChI=1S/C24H29N5O3/c1-19(17-28-12-14-31-15-13-28)29(18-20-6-3-2-4-7-20)23(30)10-9-22-26-24(27-32-22)21-8-5-11-25-16-21/h2-8,11,16,19H,9-10,12-15,17-18H2,1H3. The molecule has 1 fully saturated rings. The highest BCUT2D eigenvalue weighted by Gasteiger charge is 2.24. The molecule has 32 heavy (non-hydrogen) atoms. The van der Waals surface area contributed by atoms with Gasteiger partial charge >= 0.3 is 0 Å². The lowest BCUT2D eigenvalue weighted by Gasteiger charge is -2.35. The van der Waals surface area contributed by atoms with Crippen LogP contribution in [0, 0.1) is 0 Å². The third kappa shape index (κ3) is 5.99. The number of nitrogens with zero attached hydrogens (tertiary/aromatic N) is 5. The fraction of sp³-hybridized carbons (Fsp3) is 0.417. The molecule has 8 nitrogen and oxygen atoms in total. The van der Waals surface area contributed by atoms with Gasteiger partial charge in [0.25, 0.3) is 0 Å². The van der Waals surface area contributed by atoms with Gasteiger partial charge in [0.2, 0.25) is 17.6 Å². The number of ether oxygens (including phenoxy) is 1. The summed E-state index contributed by atoms with van der Waals surface area (Å²) in [5, 5.41) is 4.02. The van der Waals surface area contributed by atoms with Crippen LogP contribution in [0.2, 0.25) is 0 Å². The minimum absolute atomic E-state index is 0.0782. The van der Waals surface area contributed by atoms with Gasteiger partial charge in [-0.05, 0) is 24.6 Å². The third-order valence-corrected chi connectivity index (χ3v) is 5.61. The Balaban J connectivity index is 1.40. The van der Waals surface area contributed by atoms with Gasteiger partial charge in [-0.25, -0.2) is 0 Å². The van der Waals surface area contributed by atoms with E-state index in [0.29, 0.717) is 31.1 Å². The van der Waals surface area contributed by atoms with Crippen LogP contribution < -0.4 is 0 Å². The molecule has 0 radical (unpaired) electrons. The highest BCUT2D eigenvalue weighted by molar-refractivity contribution is 5.76. The minimum atomic E-state index is 0.0782. The molecule has 1 aliphatic rings. The van der Waals surface area contributed by atoms with Crippen LogP contribution in [0.5, 0.6) is 0 Å². The number of benzene rings is 1. The van der Waals surface area contributed by atoms with Crippen molar-refractivity contribution >= 4 is 5.91 Å². The lowest BCUT2D eigenvalue weighted by molar-refractivity contribution is -0.134. The number of aryl methyl sites for hydroxylation is 1. The van der Waals surface area contributed by atoms with E-state index < -0.39 is 0 Å². The molecular formula is C24H29N5O3. The largest absolute Gasteiger partial charge is 0.379 e. The van der Waals surface area contributed by atoms with E-state index in [1.807, 2.05) is 35.2 Å². The second-order valence-corrected chi connectivity index (χ2v) is 8.02. The minimum Gasteiger partial charge on any atom is -0.379 e. The van der Waals surface area contributed by atoms with Gasteiger partial charge in [0.05, 0.1) is 13.2 Å². The first-order chi connectivity index (χ1) is 15.7. The van der Waals surface area contributed by atoms with E-state index in [0.717, 1.165) is 44.0 Å². The van der Waals surface area contributed by atoms with Crippen LogP contribution in [-0.2, 0) is 22.5 Å². The Morgan fingerprint density at radius 3 is 2.72 bits per heavy atom. The molecule has 1 atom stereocenters. The van der Waals surface area contributed by atoms with Gasteiger partial charge in [0.1, 0.15) is 0 Å². The second kappa shape index (κ2) is 11.0. The maximum Gasteiger partial charge on any atom is 0.227 e. The van der Waals surface area contributed by atoms with E-state index in [9.17, 15) is 4.79 Å². The molecule has 0 N–H and O–H groups in total. The summed E-state index contributed by atoms with van der Waals surface area (Å²) in [5.74, 6) is 1.02. The number of amides is 1. The molecule has 1 amide bonds. The number of aromatic nitrogens is 3. The van der Waals surface area contributed by atoms with Crippen LogP contribution >= 0.6 is 0 Å². The molecular weight excluding hydrogens is 406 g/mol. The van der Waals surface area contributed by atoms with Crippen LogP contribution in [0.3, 0.4) is 0 Å². The van der Waals surface area contributed by atoms with E-state index in [1.165, 1.54) is 0 Å². The van der Waals surface area contributed by atoms with Crippen LogP contribution in [0.4, 0.5) is 0 Å². The van der Waals surface area contributed by atoms with Gasteiger partial charge in [-0.15, -0.1) is 0 Å². The van der Waals surface area contributed by atoms with Gasteiger partial charge < -0.3 is 14.2 Å². The SMILES string of the molecule is CC(CN1CCOCC1)N(Cc1ccccc1)C(=O)CCc1nc(-c2cccnc2)no1. The average Bonchev–Trinajstić information content (AvgIpc) is 3.32. The Hall–Kier alpha value is -3.10. The highest BCUT2D eigenvalue weighted by Crippen LogP contribution is 2.16. The van der Waals surface area contributed by atoms with Crippen molar-refractivity contribution < 1.29 is 14.1 Å². The number of carbonyl (C=O) groups excluding carboxylic acids is 1. The molecule has 1 aliphatic heterocycles. The zero-order valence-electron chi connectivity index (χ0n) is 18.4. The molecule has 8 heteroatoms. The van der Waals surface area contributed by atoms with Gasteiger partial charge in [-0.1, -0.05) is 35.5 Å².